The van der Waals surface area contributed by atoms with Gasteiger partial charge in [-0.05, 0) is 37.1 Å². The number of aromatic nitrogens is 1. The van der Waals surface area contributed by atoms with E-state index in [9.17, 15) is 4.79 Å². The summed E-state index contributed by atoms with van der Waals surface area (Å²) in [6, 6.07) is 8.52. The molecule has 18 heavy (non-hydrogen) atoms. The van der Waals surface area contributed by atoms with Crippen LogP contribution in [-0.4, -0.2) is 16.1 Å². The van der Waals surface area contributed by atoms with E-state index in [0.29, 0.717) is 11.6 Å². The Hall–Kier alpha value is -2.36. The summed E-state index contributed by atoms with van der Waals surface area (Å²) in [6.45, 7) is 3.80. The lowest BCUT2D eigenvalue weighted by molar-refractivity contribution is 0.0694. The summed E-state index contributed by atoms with van der Waals surface area (Å²) in [7, 11) is 0. The van der Waals surface area contributed by atoms with Gasteiger partial charge in [-0.2, -0.15) is 0 Å². The van der Waals surface area contributed by atoms with Crippen LogP contribution in [0.5, 0.6) is 11.6 Å². The third kappa shape index (κ3) is 2.66. The van der Waals surface area contributed by atoms with Crippen LogP contribution < -0.4 is 4.74 Å². The van der Waals surface area contributed by atoms with Gasteiger partial charge in [0.15, 0.2) is 0 Å². The average molecular weight is 243 g/mol. The number of carboxylic acids is 1. The molecule has 0 saturated heterocycles. The fraction of sp³-hybridized carbons (Fsp3) is 0.143. The van der Waals surface area contributed by atoms with Gasteiger partial charge in [-0.25, -0.2) is 9.78 Å². The molecule has 0 radical (unpaired) electrons. The van der Waals surface area contributed by atoms with E-state index in [4.69, 9.17) is 9.84 Å². The molecule has 0 aliphatic rings. The second kappa shape index (κ2) is 4.87. The van der Waals surface area contributed by atoms with Crippen LogP contribution in [0.4, 0.5) is 0 Å². The summed E-state index contributed by atoms with van der Waals surface area (Å²) >= 11 is 0. The zero-order chi connectivity index (χ0) is 13.1. The fourth-order valence-corrected chi connectivity index (χ4v) is 1.52. The van der Waals surface area contributed by atoms with Crippen molar-refractivity contribution >= 4 is 5.97 Å². The van der Waals surface area contributed by atoms with Crippen molar-refractivity contribution in [2.75, 3.05) is 0 Å². The monoisotopic (exact) mass is 243 g/mol. The minimum atomic E-state index is -1.02. The average Bonchev–Trinajstić information content (AvgIpc) is 2.32. The molecule has 1 N–H and O–H groups in total. The van der Waals surface area contributed by atoms with Gasteiger partial charge in [0.2, 0.25) is 5.88 Å². The van der Waals surface area contributed by atoms with Crippen LogP contribution in [0, 0.1) is 13.8 Å². The summed E-state index contributed by atoms with van der Waals surface area (Å²) < 4.78 is 5.51. The number of benzene rings is 1. The van der Waals surface area contributed by atoms with E-state index in [2.05, 4.69) is 4.98 Å². The summed E-state index contributed by atoms with van der Waals surface area (Å²) in [4.78, 5) is 15.2. The first-order valence-corrected chi connectivity index (χ1v) is 5.51. The number of rotatable bonds is 3. The van der Waals surface area contributed by atoms with Crippen molar-refractivity contribution in [2.24, 2.45) is 0 Å². The molecule has 92 valence electrons. The van der Waals surface area contributed by atoms with Gasteiger partial charge in [-0.3, -0.25) is 0 Å². The Morgan fingerprint density at radius 3 is 2.50 bits per heavy atom. The summed E-state index contributed by atoms with van der Waals surface area (Å²) in [5.41, 5.74) is 2.08. The maximum absolute atomic E-state index is 11.1. The second-order valence-electron chi connectivity index (χ2n) is 4.08. The normalized spacial score (nSPS) is 10.1. The van der Waals surface area contributed by atoms with E-state index in [1.807, 2.05) is 19.9 Å². The summed E-state index contributed by atoms with van der Waals surface area (Å²) in [5, 5.41) is 9.08. The molecule has 0 amide bonds. The number of carboxylic acid groups (broad SMARTS) is 1. The van der Waals surface area contributed by atoms with Gasteiger partial charge in [0, 0.05) is 12.3 Å². The van der Waals surface area contributed by atoms with Gasteiger partial charge in [0.25, 0.3) is 0 Å². The van der Waals surface area contributed by atoms with Crippen LogP contribution >= 0.6 is 0 Å². The van der Waals surface area contributed by atoms with Crippen LogP contribution in [0.25, 0.3) is 0 Å². The molecule has 1 aromatic heterocycles. The fourth-order valence-electron chi connectivity index (χ4n) is 1.52. The largest absolute Gasteiger partial charge is 0.478 e. The molecule has 4 nitrogen and oxygen atoms in total. The zero-order valence-electron chi connectivity index (χ0n) is 10.2. The highest BCUT2D eigenvalue weighted by molar-refractivity contribution is 5.91. The SMILES string of the molecule is Cc1ccc(Oc2cc(C)ccc2C(=O)O)nc1. The maximum atomic E-state index is 11.1. The van der Waals surface area contributed by atoms with E-state index >= 15 is 0 Å². The molecular formula is C14H13NO3. The standard InChI is InChI=1S/C14H13NO3/c1-9-3-5-11(14(16)17)12(7-9)18-13-6-4-10(2)8-15-13/h3-8H,1-2H3,(H,16,17). The Bertz CT molecular complexity index is 576. The molecular weight excluding hydrogens is 230 g/mol. The van der Waals surface area contributed by atoms with Gasteiger partial charge in [0.1, 0.15) is 11.3 Å². The number of pyridine rings is 1. The lowest BCUT2D eigenvalue weighted by atomic mass is 10.1. The number of hydrogen-bond donors (Lipinski definition) is 1. The summed E-state index contributed by atoms with van der Waals surface area (Å²) in [5.74, 6) is -0.329. The zero-order valence-corrected chi connectivity index (χ0v) is 10.2. The molecule has 1 heterocycles. The van der Waals surface area contributed by atoms with Crippen molar-refractivity contribution in [3.05, 3.63) is 53.2 Å². The highest BCUT2D eigenvalue weighted by Gasteiger charge is 2.12. The van der Waals surface area contributed by atoms with Gasteiger partial charge in [0.05, 0.1) is 0 Å². The minimum Gasteiger partial charge on any atom is -0.478 e. The molecule has 0 unspecified atom stereocenters. The Balaban J connectivity index is 2.35. The predicted octanol–water partition coefficient (Wildman–Crippen LogP) is 3.19. The quantitative estimate of drug-likeness (QED) is 0.899. The number of carbonyl (C=O) groups is 1. The van der Waals surface area contributed by atoms with Crippen molar-refractivity contribution in [1.29, 1.82) is 0 Å². The number of ether oxygens (including phenoxy) is 1. The molecule has 0 spiro atoms. The Morgan fingerprint density at radius 2 is 1.89 bits per heavy atom. The van der Waals surface area contributed by atoms with Crippen molar-refractivity contribution in [3.63, 3.8) is 0 Å². The lowest BCUT2D eigenvalue weighted by Gasteiger charge is -2.08. The van der Waals surface area contributed by atoms with Gasteiger partial charge in [-0.1, -0.05) is 12.1 Å². The second-order valence-corrected chi connectivity index (χ2v) is 4.08. The first-order valence-electron chi connectivity index (χ1n) is 5.51. The molecule has 4 heteroatoms. The molecule has 2 aromatic rings. The van der Waals surface area contributed by atoms with Crippen molar-refractivity contribution < 1.29 is 14.6 Å². The van der Waals surface area contributed by atoms with Gasteiger partial charge >= 0.3 is 5.97 Å². The smallest absolute Gasteiger partial charge is 0.339 e. The molecule has 2 rings (SSSR count). The predicted molar refractivity (Wildman–Crippen MR) is 67.2 cm³/mol. The van der Waals surface area contributed by atoms with E-state index < -0.39 is 5.97 Å². The van der Waals surface area contributed by atoms with Crippen LogP contribution in [0.1, 0.15) is 21.5 Å². The van der Waals surface area contributed by atoms with Gasteiger partial charge < -0.3 is 9.84 Å². The Labute approximate surface area is 105 Å². The molecule has 0 saturated carbocycles. The molecule has 1 aromatic carbocycles. The number of aryl methyl sites for hydroxylation is 2. The molecule has 0 atom stereocenters. The van der Waals surface area contributed by atoms with Crippen LogP contribution in [-0.2, 0) is 0 Å². The first-order chi connectivity index (χ1) is 8.56. The first kappa shape index (κ1) is 12.1. The highest BCUT2D eigenvalue weighted by Crippen LogP contribution is 2.25. The van der Waals surface area contributed by atoms with Gasteiger partial charge in [-0.15, -0.1) is 0 Å². The maximum Gasteiger partial charge on any atom is 0.339 e. The third-order valence-electron chi connectivity index (χ3n) is 2.47. The molecule has 0 fully saturated rings. The number of hydrogen-bond acceptors (Lipinski definition) is 3. The highest BCUT2D eigenvalue weighted by atomic mass is 16.5. The minimum absolute atomic E-state index is 0.128. The molecule has 0 aliphatic heterocycles. The number of nitrogens with zero attached hydrogens (tertiary/aromatic N) is 1. The van der Waals surface area contributed by atoms with Crippen LogP contribution in [0.15, 0.2) is 36.5 Å². The molecule has 0 aliphatic carbocycles. The topological polar surface area (TPSA) is 59.4 Å². The Morgan fingerprint density at radius 1 is 1.17 bits per heavy atom. The van der Waals surface area contributed by atoms with E-state index in [0.717, 1.165) is 11.1 Å². The summed E-state index contributed by atoms with van der Waals surface area (Å²) in [6.07, 6.45) is 1.67. The van der Waals surface area contributed by atoms with Crippen LogP contribution in [0.3, 0.4) is 0 Å². The van der Waals surface area contributed by atoms with E-state index in [1.165, 1.54) is 6.07 Å². The van der Waals surface area contributed by atoms with Crippen molar-refractivity contribution in [3.8, 4) is 11.6 Å². The van der Waals surface area contributed by atoms with Crippen LogP contribution in [0.2, 0.25) is 0 Å². The van der Waals surface area contributed by atoms with E-state index in [1.54, 1.807) is 24.4 Å². The van der Waals surface area contributed by atoms with E-state index in [-0.39, 0.29) is 5.56 Å². The third-order valence-corrected chi connectivity index (χ3v) is 2.47. The van der Waals surface area contributed by atoms with Crippen molar-refractivity contribution in [2.45, 2.75) is 13.8 Å². The van der Waals surface area contributed by atoms with Crippen molar-refractivity contribution in [1.82, 2.24) is 4.98 Å². The molecule has 0 bridgehead atoms. The lowest BCUT2D eigenvalue weighted by Crippen LogP contribution is -2.01. The Kier molecular flexibility index (Phi) is 3.28. The number of aromatic carboxylic acids is 1.